The maximum Gasteiger partial charge on any atom is 0.121 e. The minimum absolute atomic E-state index is 0.185. The van der Waals surface area contributed by atoms with Crippen molar-refractivity contribution in [1.29, 1.82) is 0 Å². The molecule has 2 rings (SSSR count). The molecule has 1 atom stereocenters. The van der Waals surface area contributed by atoms with Gasteiger partial charge in [-0.15, -0.1) is 0 Å². The van der Waals surface area contributed by atoms with Crippen molar-refractivity contribution >= 4 is 6.08 Å². The van der Waals surface area contributed by atoms with Crippen LogP contribution in [0.25, 0.3) is 6.08 Å². The topological polar surface area (TPSA) is 40.5 Å². The number of aliphatic hydroxyl groups excluding tert-OH is 1. The summed E-state index contributed by atoms with van der Waals surface area (Å²) < 4.78 is 0. The van der Waals surface area contributed by atoms with E-state index in [-0.39, 0.29) is 5.75 Å². The van der Waals surface area contributed by atoms with Gasteiger partial charge in [-0.3, -0.25) is 0 Å². The summed E-state index contributed by atoms with van der Waals surface area (Å²) in [5.74, 6) is 0.185. The molecule has 1 aliphatic rings. The van der Waals surface area contributed by atoms with Gasteiger partial charge in [0.2, 0.25) is 0 Å². The Balaban J connectivity index is 2.62. The summed E-state index contributed by atoms with van der Waals surface area (Å²) >= 11 is 0. The number of phenolic OH excluding ortho intramolecular Hbond substituents is 1. The molecule has 0 spiro atoms. The number of hydrogen-bond donors (Lipinski definition) is 2. The van der Waals surface area contributed by atoms with Crippen LogP contribution < -0.4 is 0 Å². The highest BCUT2D eigenvalue weighted by Gasteiger charge is 2.16. The summed E-state index contributed by atoms with van der Waals surface area (Å²) in [6.45, 7) is 0. The van der Waals surface area contributed by atoms with Crippen LogP contribution in [-0.2, 0) is 0 Å². The van der Waals surface area contributed by atoms with Gasteiger partial charge in [0.15, 0.2) is 0 Å². The predicted molar refractivity (Wildman–Crippen MR) is 46.7 cm³/mol. The number of rotatable bonds is 0. The molecule has 0 amide bonds. The zero-order valence-corrected chi connectivity index (χ0v) is 6.57. The van der Waals surface area contributed by atoms with Gasteiger partial charge in [-0.25, -0.2) is 0 Å². The van der Waals surface area contributed by atoms with E-state index < -0.39 is 6.10 Å². The fraction of sp³-hybridized carbons (Fsp3) is 0.200. The fourth-order valence-corrected chi connectivity index (χ4v) is 1.52. The van der Waals surface area contributed by atoms with Crippen LogP contribution in [0, 0.1) is 0 Å². The van der Waals surface area contributed by atoms with Gasteiger partial charge in [-0.05, 0) is 18.1 Å². The molecular formula is C10H10O2. The van der Waals surface area contributed by atoms with Gasteiger partial charge in [0.05, 0.1) is 6.10 Å². The monoisotopic (exact) mass is 162 g/mol. The molecule has 2 nitrogen and oxygen atoms in total. The Labute approximate surface area is 70.8 Å². The van der Waals surface area contributed by atoms with E-state index in [2.05, 4.69) is 0 Å². The van der Waals surface area contributed by atoms with E-state index in [0.29, 0.717) is 12.0 Å². The lowest BCUT2D eigenvalue weighted by molar-refractivity contribution is 0.176. The molecule has 0 bridgehead atoms. The smallest absolute Gasteiger partial charge is 0.121 e. The Morgan fingerprint density at radius 1 is 1.33 bits per heavy atom. The third kappa shape index (κ3) is 1.01. The molecule has 0 aromatic heterocycles. The van der Waals surface area contributed by atoms with Gasteiger partial charge in [0, 0.05) is 5.56 Å². The largest absolute Gasteiger partial charge is 0.508 e. The number of aliphatic hydroxyl groups is 1. The maximum atomic E-state index is 9.53. The van der Waals surface area contributed by atoms with Crippen LogP contribution in [0.3, 0.4) is 0 Å². The maximum absolute atomic E-state index is 9.53. The average Bonchev–Trinajstić information content (AvgIpc) is 2.04. The van der Waals surface area contributed by atoms with Crippen molar-refractivity contribution in [3.05, 3.63) is 35.4 Å². The van der Waals surface area contributed by atoms with Crippen LogP contribution in [0.2, 0.25) is 0 Å². The summed E-state index contributed by atoms with van der Waals surface area (Å²) in [6.07, 6.45) is 3.87. The van der Waals surface area contributed by atoms with Gasteiger partial charge in [0.1, 0.15) is 5.75 Å². The van der Waals surface area contributed by atoms with Crippen molar-refractivity contribution in [2.75, 3.05) is 0 Å². The van der Waals surface area contributed by atoms with E-state index in [1.165, 1.54) is 0 Å². The second-order valence-corrected chi connectivity index (χ2v) is 2.93. The highest BCUT2D eigenvalue weighted by atomic mass is 16.3. The van der Waals surface area contributed by atoms with Crippen LogP contribution in [-0.4, -0.2) is 10.2 Å². The molecule has 62 valence electrons. The second-order valence-electron chi connectivity index (χ2n) is 2.93. The minimum Gasteiger partial charge on any atom is -0.508 e. The quantitative estimate of drug-likeness (QED) is 0.611. The van der Waals surface area contributed by atoms with E-state index in [1.54, 1.807) is 12.1 Å². The van der Waals surface area contributed by atoms with Crippen molar-refractivity contribution < 1.29 is 10.2 Å². The summed E-state index contributed by atoms with van der Waals surface area (Å²) in [6, 6.07) is 5.26. The molecule has 1 aromatic rings. The van der Waals surface area contributed by atoms with Crippen LogP contribution >= 0.6 is 0 Å². The Hall–Kier alpha value is -1.28. The number of benzene rings is 1. The Morgan fingerprint density at radius 2 is 2.17 bits per heavy atom. The molecule has 12 heavy (non-hydrogen) atoms. The SMILES string of the molecule is Oc1cccc2c1C(O)CC=C2. The highest BCUT2D eigenvalue weighted by molar-refractivity contribution is 5.60. The average molecular weight is 162 g/mol. The first kappa shape index (κ1) is 7.37. The lowest BCUT2D eigenvalue weighted by Crippen LogP contribution is -2.02. The lowest BCUT2D eigenvalue weighted by Gasteiger charge is -2.17. The van der Waals surface area contributed by atoms with E-state index >= 15 is 0 Å². The number of hydrogen-bond acceptors (Lipinski definition) is 2. The molecule has 1 unspecified atom stereocenters. The summed E-state index contributed by atoms with van der Waals surface area (Å²) in [4.78, 5) is 0. The van der Waals surface area contributed by atoms with Crippen molar-refractivity contribution in [3.63, 3.8) is 0 Å². The lowest BCUT2D eigenvalue weighted by atomic mass is 9.94. The summed E-state index contributed by atoms with van der Waals surface area (Å²) in [5.41, 5.74) is 1.56. The molecule has 0 fully saturated rings. The minimum atomic E-state index is -0.550. The zero-order chi connectivity index (χ0) is 8.55. The first-order chi connectivity index (χ1) is 5.79. The van der Waals surface area contributed by atoms with Crippen LogP contribution in [0.4, 0.5) is 0 Å². The van der Waals surface area contributed by atoms with Crippen molar-refractivity contribution in [1.82, 2.24) is 0 Å². The normalized spacial score (nSPS) is 20.6. The van der Waals surface area contributed by atoms with Gasteiger partial charge < -0.3 is 10.2 Å². The molecule has 0 saturated carbocycles. The number of aromatic hydroxyl groups is 1. The van der Waals surface area contributed by atoms with E-state index in [4.69, 9.17) is 0 Å². The van der Waals surface area contributed by atoms with Crippen LogP contribution in [0.5, 0.6) is 5.75 Å². The summed E-state index contributed by atoms with van der Waals surface area (Å²) in [7, 11) is 0. The fourth-order valence-electron chi connectivity index (χ4n) is 1.52. The Kier molecular flexibility index (Phi) is 1.62. The van der Waals surface area contributed by atoms with Gasteiger partial charge in [-0.1, -0.05) is 24.3 Å². The van der Waals surface area contributed by atoms with Crippen molar-refractivity contribution in [2.45, 2.75) is 12.5 Å². The summed E-state index contributed by atoms with van der Waals surface area (Å²) in [5, 5.41) is 19.0. The highest BCUT2D eigenvalue weighted by Crippen LogP contribution is 2.33. The molecule has 2 heteroatoms. The van der Waals surface area contributed by atoms with Crippen LogP contribution in [0.15, 0.2) is 24.3 Å². The van der Waals surface area contributed by atoms with E-state index in [1.807, 2.05) is 18.2 Å². The first-order valence-corrected chi connectivity index (χ1v) is 3.95. The van der Waals surface area contributed by atoms with Crippen LogP contribution in [0.1, 0.15) is 23.7 Å². The Morgan fingerprint density at radius 3 is 2.92 bits per heavy atom. The zero-order valence-electron chi connectivity index (χ0n) is 6.57. The molecule has 0 aliphatic heterocycles. The molecule has 0 radical (unpaired) electrons. The predicted octanol–water partition coefficient (Wildman–Crippen LogP) is 1.84. The van der Waals surface area contributed by atoms with Crippen molar-refractivity contribution in [3.8, 4) is 5.75 Å². The second kappa shape index (κ2) is 2.64. The van der Waals surface area contributed by atoms with E-state index in [9.17, 15) is 10.2 Å². The first-order valence-electron chi connectivity index (χ1n) is 3.95. The molecule has 0 saturated heterocycles. The van der Waals surface area contributed by atoms with Gasteiger partial charge >= 0.3 is 0 Å². The third-order valence-electron chi connectivity index (χ3n) is 2.11. The van der Waals surface area contributed by atoms with Gasteiger partial charge in [-0.2, -0.15) is 0 Å². The molecule has 0 heterocycles. The number of fused-ring (bicyclic) bond motifs is 1. The molecule has 1 aliphatic carbocycles. The molecular weight excluding hydrogens is 152 g/mol. The Bertz CT molecular complexity index is 329. The van der Waals surface area contributed by atoms with Gasteiger partial charge in [0.25, 0.3) is 0 Å². The molecule has 2 N–H and O–H groups in total. The molecule has 1 aromatic carbocycles. The van der Waals surface area contributed by atoms with E-state index in [0.717, 1.165) is 5.56 Å². The standard InChI is InChI=1S/C10H10O2/c11-8-5-1-3-7-4-2-6-9(12)10(7)8/h1-5,9,11-12H,6H2. The third-order valence-corrected chi connectivity index (χ3v) is 2.11. The number of phenols is 1. The van der Waals surface area contributed by atoms with Crippen molar-refractivity contribution in [2.24, 2.45) is 0 Å².